The van der Waals surface area contributed by atoms with Gasteiger partial charge in [0, 0.05) is 0 Å². The molecule has 0 saturated heterocycles. The van der Waals surface area contributed by atoms with Gasteiger partial charge in [-0.05, 0) is 26.2 Å². The minimum atomic E-state index is -0.171. The van der Waals surface area contributed by atoms with E-state index in [4.69, 9.17) is 0 Å². The van der Waals surface area contributed by atoms with Gasteiger partial charge in [-0.15, -0.1) is 0 Å². The second-order valence-corrected chi connectivity index (χ2v) is 3.33. The van der Waals surface area contributed by atoms with Crippen LogP contribution >= 0.6 is 0 Å². The van der Waals surface area contributed by atoms with Crippen LogP contribution in [0.1, 0.15) is 34.1 Å². The summed E-state index contributed by atoms with van der Waals surface area (Å²) in [5.74, 6) is 0.371. The van der Waals surface area contributed by atoms with Gasteiger partial charge in [0.15, 0.2) is 0 Å². The topological polar surface area (TPSA) is 20.2 Å². The van der Waals surface area contributed by atoms with E-state index in [0.717, 1.165) is 6.42 Å². The molecule has 1 atom stereocenters. The first kappa shape index (κ1) is 9.70. The van der Waals surface area contributed by atoms with E-state index in [1.165, 1.54) is 5.57 Å². The van der Waals surface area contributed by atoms with Crippen LogP contribution in [0.4, 0.5) is 0 Å². The summed E-state index contributed by atoms with van der Waals surface area (Å²) in [5.41, 5.74) is 1.28. The quantitative estimate of drug-likeness (QED) is 0.600. The second-order valence-electron chi connectivity index (χ2n) is 3.33. The van der Waals surface area contributed by atoms with Crippen LogP contribution in [0.25, 0.3) is 0 Å². The monoisotopic (exact) mass is 142 g/mol. The van der Waals surface area contributed by atoms with Gasteiger partial charge in [-0.1, -0.05) is 25.5 Å². The molecular formula is C9H18O. The molecule has 0 bridgehead atoms. The summed E-state index contributed by atoms with van der Waals surface area (Å²) < 4.78 is 0. The Morgan fingerprint density at radius 1 is 1.40 bits per heavy atom. The molecular weight excluding hydrogens is 124 g/mol. The van der Waals surface area contributed by atoms with Crippen molar-refractivity contribution in [3.63, 3.8) is 0 Å². The van der Waals surface area contributed by atoms with Crippen molar-refractivity contribution in [2.45, 2.75) is 40.2 Å². The lowest BCUT2D eigenvalue weighted by atomic mass is 10.0. The highest BCUT2D eigenvalue weighted by atomic mass is 16.3. The number of aliphatic hydroxyl groups excluding tert-OH is 1. The number of allylic oxidation sites excluding steroid dienone is 1. The molecule has 0 fully saturated rings. The average Bonchev–Trinajstić information content (AvgIpc) is 1.82. The molecule has 0 amide bonds. The molecule has 0 saturated carbocycles. The maximum atomic E-state index is 9.33. The lowest BCUT2D eigenvalue weighted by Crippen LogP contribution is -2.12. The second kappa shape index (κ2) is 4.51. The third kappa shape index (κ3) is 4.57. The van der Waals surface area contributed by atoms with Crippen molar-refractivity contribution < 1.29 is 5.11 Å². The summed E-state index contributed by atoms with van der Waals surface area (Å²) >= 11 is 0. The first-order chi connectivity index (χ1) is 4.54. The van der Waals surface area contributed by atoms with Crippen LogP contribution in [0, 0.1) is 5.92 Å². The fraction of sp³-hybridized carbons (Fsp3) is 0.778. The van der Waals surface area contributed by atoms with Crippen LogP contribution in [-0.4, -0.2) is 11.2 Å². The highest BCUT2D eigenvalue weighted by molar-refractivity contribution is 4.94. The molecule has 0 aromatic heterocycles. The van der Waals surface area contributed by atoms with Gasteiger partial charge in [0.2, 0.25) is 0 Å². The molecule has 0 aliphatic rings. The van der Waals surface area contributed by atoms with Gasteiger partial charge in [-0.2, -0.15) is 0 Å². The maximum absolute atomic E-state index is 9.33. The smallest absolute Gasteiger partial charge is 0.0597 e. The molecule has 0 spiro atoms. The third-order valence-electron chi connectivity index (χ3n) is 1.54. The summed E-state index contributed by atoms with van der Waals surface area (Å²) in [5, 5.41) is 9.33. The summed E-state index contributed by atoms with van der Waals surface area (Å²) in [6.07, 6.45) is 2.69. The van der Waals surface area contributed by atoms with Crippen molar-refractivity contribution in [2.24, 2.45) is 5.92 Å². The fourth-order valence-electron chi connectivity index (χ4n) is 0.629. The van der Waals surface area contributed by atoms with Gasteiger partial charge in [-0.25, -0.2) is 0 Å². The largest absolute Gasteiger partial charge is 0.393 e. The SMILES string of the molecule is CC(C)=CC[C@@H](O)C(C)C. The number of hydrogen-bond donors (Lipinski definition) is 1. The Bertz CT molecular complexity index is 110. The van der Waals surface area contributed by atoms with Crippen LogP contribution in [0.2, 0.25) is 0 Å². The van der Waals surface area contributed by atoms with Gasteiger partial charge < -0.3 is 5.11 Å². The highest BCUT2D eigenvalue weighted by Crippen LogP contribution is 2.07. The molecule has 0 radical (unpaired) electrons. The Hall–Kier alpha value is -0.300. The van der Waals surface area contributed by atoms with Crippen molar-refractivity contribution in [1.82, 2.24) is 0 Å². The van der Waals surface area contributed by atoms with Crippen LogP contribution in [-0.2, 0) is 0 Å². The average molecular weight is 142 g/mol. The van der Waals surface area contributed by atoms with E-state index in [1.54, 1.807) is 0 Å². The lowest BCUT2D eigenvalue weighted by Gasteiger charge is -2.11. The van der Waals surface area contributed by atoms with Crippen molar-refractivity contribution in [3.05, 3.63) is 11.6 Å². The van der Waals surface area contributed by atoms with Gasteiger partial charge >= 0.3 is 0 Å². The van der Waals surface area contributed by atoms with Crippen LogP contribution < -0.4 is 0 Å². The maximum Gasteiger partial charge on any atom is 0.0597 e. The molecule has 0 unspecified atom stereocenters. The predicted molar refractivity (Wildman–Crippen MR) is 44.9 cm³/mol. The molecule has 0 aliphatic carbocycles. The lowest BCUT2D eigenvalue weighted by molar-refractivity contribution is 0.128. The van der Waals surface area contributed by atoms with Crippen molar-refractivity contribution in [2.75, 3.05) is 0 Å². The van der Waals surface area contributed by atoms with Crippen molar-refractivity contribution in [3.8, 4) is 0 Å². The molecule has 1 nitrogen and oxygen atoms in total. The predicted octanol–water partition coefficient (Wildman–Crippen LogP) is 2.36. The molecule has 0 aliphatic heterocycles. The number of hydrogen-bond acceptors (Lipinski definition) is 1. The zero-order valence-electron chi connectivity index (χ0n) is 7.39. The molecule has 0 aromatic carbocycles. The van der Waals surface area contributed by atoms with Crippen LogP contribution in [0.3, 0.4) is 0 Å². The van der Waals surface area contributed by atoms with Crippen LogP contribution in [0.5, 0.6) is 0 Å². The fourth-order valence-corrected chi connectivity index (χ4v) is 0.629. The summed E-state index contributed by atoms with van der Waals surface area (Å²) in [6, 6.07) is 0. The van der Waals surface area contributed by atoms with E-state index < -0.39 is 0 Å². The molecule has 1 heteroatoms. The summed E-state index contributed by atoms with van der Waals surface area (Å²) in [4.78, 5) is 0. The molecule has 0 rings (SSSR count). The normalized spacial score (nSPS) is 13.4. The highest BCUT2D eigenvalue weighted by Gasteiger charge is 2.05. The minimum absolute atomic E-state index is 0.171. The van der Waals surface area contributed by atoms with E-state index in [9.17, 15) is 5.11 Å². The molecule has 10 heavy (non-hydrogen) atoms. The van der Waals surface area contributed by atoms with E-state index in [-0.39, 0.29) is 6.10 Å². The molecule has 0 aromatic rings. The third-order valence-corrected chi connectivity index (χ3v) is 1.54. The van der Waals surface area contributed by atoms with E-state index >= 15 is 0 Å². The van der Waals surface area contributed by atoms with Gasteiger partial charge in [-0.3, -0.25) is 0 Å². The van der Waals surface area contributed by atoms with E-state index in [1.807, 2.05) is 27.7 Å². The molecule has 60 valence electrons. The first-order valence-corrected chi connectivity index (χ1v) is 3.85. The summed E-state index contributed by atoms with van der Waals surface area (Å²) in [6.45, 7) is 8.16. The Morgan fingerprint density at radius 3 is 2.20 bits per heavy atom. The van der Waals surface area contributed by atoms with Gasteiger partial charge in [0.05, 0.1) is 6.10 Å². The van der Waals surface area contributed by atoms with Crippen LogP contribution in [0.15, 0.2) is 11.6 Å². The standard InChI is InChI=1S/C9H18O/c1-7(2)5-6-9(10)8(3)4/h5,8-10H,6H2,1-4H3/t9-/m1/s1. The molecule has 0 heterocycles. The first-order valence-electron chi connectivity index (χ1n) is 3.85. The zero-order valence-corrected chi connectivity index (χ0v) is 7.39. The Balaban J connectivity index is 3.59. The van der Waals surface area contributed by atoms with E-state index in [0.29, 0.717) is 5.92 Å². The zero-order chi connectivity index (χ0) is 8.15. The summed E-state index contributed by atoms with van der Waals surface area (Å²) in [7, 11) is 0. The minimum Gasteiger partial charge on any atom is -0.393 e. The molecule has 1 N–H and O–H groups in total. The van der Waals surface area contributed by atoms with E-state index in [2.05, 4.69) is 6.08 Å². The van der Waals surface area contributed by atoms with Crippen molar-refractivity contribution >= 4 is 0 Å². The van der Waals surface area contributed by atoms with Gasteiger partial charge in [0.1, 0.15) is 0 Å². The Kier molecular flexibility index (Phi) is 4.37. The number of rotatable bonds is 3. The Morgan fingerprint density at radius 2 is 1.90 bits per heavy atom. The van der Waals surface area contributed by atoms with Gasteiger partial charge in [0.25, 0.3) is 0 Å². The Labute approximate surface area is 63.8 Å². The number of aliphatic hydroxyl groups is 1. The van der Waals surface area contributed by atoms with Crippen molar-refractivity contribution in [1.29, 1.82) is 0 Å².